The van der Waals surface area contributed by atoms with Crippen LogP contribution in [-0.4, -0.2) is 44.9 Å². The van der Waals surface area contributed by atoms with E-state index in [1.165, 1.54) is 22.0 Å². The minimum atomic E-state index is -3.62. The Balaban J connectivity index is 1.71. The normalized spacial score (nSPS) is 18.4. The van der Waals surface area contributed by atoms with Gasteiger partial charge in [-0.25, -0.2) is 8.42 Å². The van der Waals surface area contributed by atoms with E-state index in [0.717, 1.165) is 12.1 Å². The number of nitrogens with zero attached hydrogens (tertiary/aromatic N) is 1. The second-order valence-electron chi connectivity index (χ2n) is 5.98. The third-order valence-corrected chi connectivity index (χ3v) is 5.96. The first-order valence-electron chi connectivity index (χ1n) is 8.08. The number of hydrogen-bond donors (Lipinski definition) is 2. The predicted octanol–water partition coefficient (Wildman–Crippen LogP) is 1.18. The van der Waals surface area contributed by atoms with Gasteiger partial charge in [-0.15, -0.1) is 0 Å². The summed E-state index contributed by atoms with van der Waals surface area (Å²) in [7, 11) is -3.62. The molecule has 0 radical (unpaired) electrons. The van der Waals surface area contributed by atoms with Crippen LogP contribution in [0.15, 0.2) is 52.6 Å². The number of hydrazine groups is 1. The number of ether oxygens (including phenoxy) is 1. The van der Waals surface area contributed by atoms with Gasteiger partial charge in [-0.1, -0.05) is 17.7 Å². The highest BCUT2D eigenvalue weighted by molar-refractivity contribution is 7.89. The molecule has 0 unspecified atom stereocenters. The van der Waals surface area contributed by atoms with Crippen LogP contribution in [0.2, 0.25) is 0 Å². The van der Waals surface area contributed by atoms with Crippen LogP contribution in [0.4, 0.5) is 0 Å². The molecule has 1 amide bonds. The first-order valence-corrected chi connectivity index (χ1v) is 9.52. The van der Waals surface area contributed by atoms with Crippen LogP contribution in [0, 0.1) is 0 Å². The van der Waals surface area contributed by atoms with Crippen molar-refractivity contribution in [1.29, 1.82) is 0 Å². The number of rotatable bonds is 5. The third-order valence-electron chi connectivity index (χ3n) is 4.07. The van der Waals surface area contributed by atoms with Crippen LogP contribution in [-0.2, 0) is 14.8 Å². The Labute approximate surface area is 147 Å². The second-order valence-corrected chi connectivity index (χ2v) is 7.92. The Bertz CT molecular complexity index is 824. The number of sulfonamides is 1. The van der Waals surface area contributed by atoms with Gasteiger partial charge >= 0.3 is 0 Å². The Morgan fingerprint density at radius 3 is 2.68 bits per heavy atom. The molecule has 0 bridgehead atoms. The van der Waals surface area contributed by atoms with Gasteiger partial charge in [-0.2, -0.15) is 4.31 Å². The molecule has 8 heteroatoms. The van der Waals surface area contributed by atoms with E-state index in [2.05, 4.69) is 10.9 Å². The van der Waals surface area contributed by atoms with E-state index in [9.17, 15) is 13.2 Å². The summed E-state index contributed by atoms with van der Waals surface area (Å²) in [4.78, 5) is 12.4. The van der Waals surface area contributed by atoms with E-state index in [1.54, 1.807) is 12.1 Å². The van der Waals surface area contributed by atoms with Gasteiger partial charge in [-0.05, 0) is 37.6 Å². The molecule has 1 heterocycles. The molecule has 1 aliphatic heterocycles. The first-order chi connectivity index (χ1) is 12.0. The highest BCUT2D eigenvalue weighted by Crippen LogP contribution is 2.18. The summed E-state index contributed by atoms with van der Waals surface area (Å²) in [5.41, 5.74) is 7.74. The van der Waals surface area contributed by atoms with E-state index in [4.69, 9.17) is 4.74 Å². The van der Waals surface area contributed by atoms with Gasteiger partial charge < -0.3 is 4.74 Å². The van der Waals surface area contributed by atoms with Crippen LogP contribution in [0.3, 0.4) is 0 Å². The van der Waals surface area contributed by atoms with E-state index in [0.29, 0.717) is 26.3 Å². The number of carbonyl (C=O) groups excluding carboxylic acids is 1. The summed E-state index contributed by atoms with van der Waals surface area (Å²) in [6, 6.07) is 6.05. The van der Waals surface area contributed by atoms with Crippen molar-refractivity contribution in [2.24, 2.45) is 0 Å². The van der Waals surface area contributed by atoms with Crippen molar-refractivity contribution in [3.05, 3.63) is 53.3 Å². The van der Waals surface area contributed by atoms with Gasteiger partial charge in [0.2, 0.25) is 10.0 Å². The van der Waals surface area contributed by atoms with Crippen LogP contribution >= 0.6 is 0 Å². The number of hydrogen-bond acceptors (Lipinski definition) is 5. The van der Waals surface area contributed by atoms with E-state index in [-0.39, 0.29) is 10.5 Å². The molecule has 1 aliphatic carbocycles. The van der Waals surface area contributed by atoms with E-state index < -0.39 is 15.9 Å². The number of morpholine rings is 1. The summed E-state index contributed by atoms with van der Waals surface area (Å²) < 4.78 is 31.9. The number of amides is 1. The zero-order valence-corrected chi connectivity index (χ0v) is 14.8. The van der Waals surface area contributed by atoms with E-state index >= 15 is 0 Å². The average Bonchev–Trinajstić information content (AvgIpc) is 3.06. The summed E-state index contributed by atoms with van der Waals surface area (Å²) in [5.74, 6) is -0.391. The fourth-order valence-corrected chi connectivity index (χ4v) is 4.13. The van der Waals surface area contributed by atoms with Crippen molar-refractivity contribution in [2.45, 2.75) is 18.2 Å². The highest BCUT2D eigenvalue weighted by atomic mass is 32.2. The van der Waals surface area contributed by atoms with Crippen molar-refractivity contribution < 1.29 is 17.9 Å². The lowest BCUT2D eigenvalue weighted by atomic mass is 10.2. The van der Waals surface area contributed by atoms with Crippen molar-refractivity contribution in [1.82, 2.24) is 15.2 Å². The number of benzene rings is 1. The fraction of sp³-hybridized carbons (Fsp3) is 0.353. The summed E-state index contributed by atoms with van der Waals surface area (Å²) >= 11 is 0. The lowest BCUT2D eigenvalue weighted by molar-refractivity contribution is 0.0730. The number of allylic oxidation sites excluding steroid dienone is 3. The summed E-state index contributed by atoms with van der Waals surface area (Å²) in [5, 5.41) is 0. The molecular formula is C17H21N3O4S. The largest absolute Gasteiger partial charge is 0.379 e. The molecule has 1 saturated heterocycles. The van der Waals surface area contributed by atoms with Crippen LogP contribution in [0.25, 0.3) is 0 Å². The van der Waals surface area contributed by atoms with Gasteiger partial charge in [0.05, 0.1) is 23.8 Å². The molecule has 2 N–H and O–H groups in total. The number of nitrogens with one attached hydrogen (secondary N) is 2. The highest BCUT2D eigenvalue weighted by Gasteiger charge is 2.26. The molecule has 0 aromatic heterocycles. The molecule has 0 saturated carbocycles. The van der Waals surface area contributed by atoms with Gasteiger partial charge in [-0.3, -0.25) is 15.6 Å². The molecule has 1 aromatic rings. The maximum atomic E-state index is 12.7. The van der Waals surface area contributed by atoms with Gasteiger partial charge in [0.15, 0.2) is 0 Å². The van der Waals surface area contributed by atoms with Crippen molar-refractivity contribution >= 4 is 15.9 Å². The smallest absolute Gasteiger partial charge is 0.269 e. The van der Waals surface area contributed by atoms with Gasteiger partial charge in [0, 0.05) is 18.7 Å². The molecule has 0 atom stereocenters. The molecule has 1 aromatic carbocycles. The Morgan fingerprint density at radius 1 is 1.24 bits per heavy atom. The standard InChI is InChI=1S/C17H21N3O4S/c1-13-5-6-15(11-13)18-19-17(21)14-3-2-4-16(12-14)25(22,23)20-7-9-24-10-8-20/h2-4,6,11-12,18H,5,7-10H2,1H3,(H,19,21). The SMILES string of the molecule is CC1=CC(NNC(=O)c2cccc(S(=O)(=O)N3CCOCC3)c2)=CC1. The first kappa shape index (κ1) is 17.7. The van der Waals surface area contributed by atoms with Crippen LogP contribution in [0.5, 0.6) is 0 Å². The van der Waals surface area contributed by atoms with Crippen molar-refractivity contribution in [2.75, 3.05) is 26.3 Å². The minimum Gasteiger partial charge on any atom is -0.379 e. The fourth-order valence-electron chi connectivity index (χ4n) is 2.68. The Morgan fingerprint density at radius 2 is 2.00 bits per heavy atom. The maximum absolute atomic E-state index is 12.7. The molecule has 134 valence electrons. The second kappa shape index (κ2) is 7.38. The molecule has 25 heavy (non-hydrogen) atoms. The van der Waals surface area contributed by atoms with Crippen molar-refractivity contribution in [3.63, 3.8) is 0 Å². The molecule has 2 aliphatic rings. The van der Waals surface area contributed by atoms with Gasteiger partial charge in [0.25, 0.3) is 5.91 Å². The lowest BCUT2D eigenvalue weighted by Gasteiger charge is -2.26. The molecule has 0 spiro atoms. The molecule has 3 rings (SSSR count). The topological polar surface area (TPSA) is 87.7 Å². The van der Waals surface area contributed by atoms with Crippen LogP contribution < -0.4 is 10.9 Å². The maximum Gasteiger partial charge on any atom is 0.269 e. The molecule has 1 fully saturated rings. The number of carbonyl (C=O) groups is 1. The quantitative estimate of drug-likeness (QED) is 0.767. The summed E-state index contributed by atoms with van der Waals surface area (Å²) in [6.07, 6.45) is 4.76. The third kappa shape index (κ3) is 4.09. The minimum absolute atomic E-state index is 0.109. The summed E-state index contributed by atoms with van der Waals surface area (Å²) in [6.45, 7) is 3.41. The molecular weight excluding hydrogens is 342 g/mol. The monoisotopic (exact) mass is 363 g/mol. The van der Waals surface area contributed by atoms with Crippen molar-refractivity contribution in [3.8, 4) is 0 Å². The zero-order chi connectivity index (χ0) is 17.9. The van der Waals surface area contributed by atoms with Gasteiger partial charge in [0.1, 0.15) is 0 Å². The average molecular weight is 363 g/mol. The lowest BCUT2D eigenvalue weighted by Crippen LogP contribution is -2.40. The van der Waals surface area contributed by atoms with E-state index in [1.807, 2.05) is 19.1 Å². The Hall–Kier alpha value is -2.16. The Kier molecular flexibility index (Phi) is 5.22. The van der Waals surface area contributed by atoms with Crippen LogP contribution in [0.1, 0.15) is 23.7 Å². The predicted molar refractivity (Wildman–Crippen MR) is 93.1 cm³/mol. The zero-order valence-electron chi connectivity index (χ0n) is 14.0. The molecule has 7 nitrogen and oxygen atoms in total.